The monoisotopic (exact) mass is 363 g/mol. The van der Waals surface area contributed by atoms with Crippen LogP contribution in [0, 0.1) is 5.41 Å². The Morgan fingerprint density at radius 3 is 2.24 bits per heavy atom. The van der Waals surface area contributed by atoms with E-state index in [1.807, 2.05) is 26.8 Å². The average molecular weight is 364 g/mol. The minimum Gasteiger partial charge on any atom is -0.242 e. The molecule has 0 aromatic heterocycles. The highest BCUT2D eigenvalue weighted by atomic mass is 32.2. The molecule has 0 saturated heterocycles. The van der Waals surface area contributed by atoms with E-state index in [2.05, 4.69) is 55.5 Å². The lowest BCUT2D eigenvalue weighted by molar-refractivity contribution is 0.246. The predicted molar refractivity (Wildman–Crippen MR) is 112 cm³/mol. The van der Waals surface area contributed by atoms with Gasteiger partial charge < -0.3 is 0 Å². The minimum absolute atomic E-state index is 0.0119. The summed E-state index contributed by atoms with van der Waals surface area (Å²) in [6.45, 7) is 14.7. The summed E-state index contributed by atoms with van der Waals surface area (Å²) in [7, 11) is -1.12. The quantitative estimate of drug-likeness (QED) is 0.361. The van der Waals surface area contributed by atoms with Crippen molar-refractivity contribution in [3.05, 3.63) is 48.6 Å². The number of benzene rings is 1. The lowest BCUT2D eigenvalue weighted by Gasteiger charge is -2.40. The first-order chi connectivity index (χ1) is 11.8. The molecule has 0 fully saturated rings. The largest absolute Gasteiger partial charge is 0.242 e. The summed E-state index contributed by atoms with van der Waals surface area (Å²) in [6.07, 6.45) is 9.09. The van der Waals surface area contributed by atoms with E-state index in [4.69, 9.17) is 0 Å². The fourth-order valence-corrected chi connectivity index (χ4v) is 4.16. The van der Waals surface area contributed by atoms with Crippen LogP contribution in [0.5, 0.6) is 0 Å². The maximum atomic E-state index is 12.9. The Morgan fingerprint density at radius 2 is 1.76 bits per heavy atom. The molecule has 0 aliphatic carbocycles. The molecule has 0 radical (unpaired) electrons. The summed E-state index contributed by atoms with van der Waals surface area (Å²) in [4.78, 5) is 0. The van der Waals surface area contributed by atoms with Gasteiger partial charge in [-0.3, -0.25) is 0 Å². The van der Waals surface area contributed by atoms with E-state index in [1.165, 1.54) is 31.2 Å². The Bertz CT molecular complexity index is 535. The van der Waals surface area contributed by atoms with Crippen molar-refractivity contribution in [2.24, 2.45) is 5.41 Å². The molecular weight excluding hydrogens is 326 g/mol. The molecule has 0 saturated carbocycles. The zero-order valence-corrected chi connectivity index (χ0v) is 17.6. The molecular formula is C22H37NOS. The molecule has 0 unspecified atom stereocenters. The number of rotatable bonds is 11. The maximum Gasteiger partial charge on any atom is 0.0976 e. The van der Waals surface area contributed by atoms with Crippen LogP contribution in [0.4, 0.5) is 0 Å². The topological polar surface area (TPSA) is 29.1 Å². The van der Waals surface area contributed by atoms with Gasteiger partial charge >= 0.3 is 0 Å². The fourth-order valence-electron chi connectivity index (χ4n) is 3.22. The third kappa shape index (κ3) is 6.38. The zero-order chi connectivity index (χ0) is 18.9. The average Bonchev–Trinajstić information content (AvgIpc) is 2.60. The first-order valence-electron chi connectivity index (χ1n) is 9.67. The van der Waals surface area contributed by atoms with Crippen LogP contribution >= 0.6 is 0 Å². The highest BCUT2D eigenvalue weighted by molar-refractivity contribution is 7.84. The third-order valence-electron chi connectivity index (χ3n) is 5.05. The van der Waals surface area contributed by atoms with Gasteiger partial charge in [-0.25, -0.2) is 8.93 Å². The molecule has 142 valence electrons. The summed E-state index contributed by atoms with van der Waals surface area (Å²) in [6, 6.07) is 10.4. The molecule has 0 heterocycles. The molecule has 0 aliphatic rings. The lowest BCUT2D eigenvalue weighted by Crippen LogP contribution is -2.42. The maximum absolute atomic E-state index is 12.9. The molecule has 25 heavy (non-hydrogen) atoms. The fraction of sp³-hybridized carbons (Fsp3) is 0.636. The van der Waals surface area contributed by atoms with Crippen LogP contribution in [0.2, 0.25) is 0 Å². The van der Waals surface area contributed by atoms with Gasteiger partial charge in [-0.1, -0.05) is 75.9 Å². The van der Waals surface area contributed by atoms with E-state index >= 15 is 0 Å². The van der Waals surface area contributed by atoms with Crippen LogP contribution in [0.15, 0.2) is 43.0 Å². The van der Waals surface area contributed by atoms with Crippen LogP contribution in [-0.4, -0.2) is 8.96 Å². The van der Waals surface area contributed by atoms with Crippen molar-refractivity contribution in [1.82, 2.24) is 4.72 Å². The van der Waals surface area contributed by atoms with Crippen LogP contribution < -0.4 is 4.72 Å². The predicted octanol–water partition coefficient (Wildman–Crippen LogP) is 6.33. The van der Waals surface area contributed by atoms with Crippen molar-refractivity contribution in [2.45, 2.75) is 83.9 Å². The number of nitrogens with one attached hydrogen (secondary N) is 1. The Hall–Kier alpha value is -0.930. The van der Waals surface area contributed by atoms with Crippen molar-refractivity contribution in [3.63, 3.8) is 0 Å². The number of unbranched alkanes of at least 4 members (excludes halogenated alkanes) is 3. The van der Waals surface area contributed by atoms with Gasteiger partial charge in [0.15, 0.2) is 0 Å². The van der Waals surface area contributed by atoms with Gasteiger partial charge in [0.05, 0.1) is 21.8 Å². The Morgan fingerprint density at radius 1 is 1.12 bits per heavy atom. The molecule has 0 spiro atoms. The molecule has 1 rings (SSSR count). The highest BCUT2D eigenvalue weighted by Crippen LogP contribution is 2.43. The summed E-state index contributed by atoms with van der Waals surface area (Å²) < 4.78 is 16.0. The van der Waals surface area contributed by atoms with Gasteiger partial charge in [0.1, 0.15) is 0 Å². The Balaban J connectivity index is 3.16. The second-order valence-corrected chi connectivity index (χ2v) is 9.94. The van der Waals surface area contributed by atoms with Crippen LogP contribution in [-0.2, 0) is 11.0 Å². The number of hydrogen-bond acceptors (Lipinski definition) is 1. The van der Waals surface area contributed by atoms with E-state index < -0.39 is 11.0 Å². The minimum atomic E-state index is -1.12. The molecule has 3 atom stereocenters. The summed E-state index contributed by atoms with van der Waals surface area (Å²) in [5.74, 6) is 0. The summed E-state index contributed by atoms with van der Waals surface area (Å²) in [5, 5.41) is 0. The second kappa shape index (κ2) is 10.3. The van der Waals surface area contributed by atoms with Gasteiger partial charge in [0, 0.05) is 5.41 Å². The Labute approximate surface area is 158 Å². The third-order valence-corrected chi connectivity index (χ3v) is 6.61. The van der Waals surface area contributed by atoms with Crippen LogP contribution in [0.3, 0.4) is 0 Å². The van der Waals surface area contributed by atoms with E-state index in [0.717, 1.165) is 12.8 Å². The van der Waals surface area contributed by atoms with Crippen molar-refractivity contribution in [3.8, 4) is 0 Å². The van der Waals surface area contributed by atoms with Gasteiger partial charge in [-0.2, -0.15) is 0 Å². The van der Waals surface area contributed by atoms with Gasteiger partial charge in [0.2, 0.25) is 0 Å². The molecule has 0 amide bonds. The van der Waals surface area contributed by atoms with Gasteiger partial charge in [0.25, 0.3) is 0 Å². The van der Waals surface area contributed by atoms with E-state index in [0.29, 0.717) is 0 Å². The number of hydrogen-bond donors (Lipinski definition) is 1. The molecule has 1 aromatic carbocycles. The molecule has 1 N–H and O–H groups in total. The normalized spacial score (nSPS) is 16.8. The molecule has 0 aliphatic heterocycles. The second-order valence-electron chi connectivity index (χ2n) is 7.94. The smallest absolute Gasteiger partial charge is 0.0976 e. The van der Waals surface area contributed by atoms with Crippen molar-refractivity contribution in [2.75, 3.05) is 0 Å². The van der Waals surface area contributed by atoms with Crippen LogP contribution in [0.25, 0.3) is 0 Å². The van der Waals surface area contributed by atoms with Gasteiger partial charge in [-0.05, 0) is 39.2 Å². The summed E-state index contributed by atoms with van der Waals surface area (Å²) >= 11 is 0. The first-order valence-corrected chi connectivity index (χ1v) is 10.8. The Kier molecular flexibility index (Phi) is 9.09. The van der Waals surface area contributed by atoms with Crippen LogP contribution in [0.1, 0.15) is 84.7 Å². The van der Waals surface area contributed by atoms with Crippen molar-refractivity contribution >= 4 is 11.0 Å². The molecule has 3 heteroatoms. The molecule has 2 nitrogen and oxygen atoms in total. The SMILES string of the molecule is C=C[C@](CC)(CCCCCC)[C@@H](N[S@](=O)C(C)(C)C)c1ccccc1. The zero-order valence-electron chi connectivity index (χ0n) is 16.8. The van der Waals surface area contributed by atoms with E-state index in [-0.39, 0.29) is 16.2 Å². The van der Waals surface area contributed by atoms with E-state index in [1.54, 1.807) is 0 Å². The molecule has 1 aromatic rings. The van der Waals surface area contributed by atoms with Gasteiger partial charge in [-0.15, -0.1) is 6.58 Å². The van der Waals surface area contributed by atoms with E-state index in [9.17, 15) is 4.21 Å². The first kappa shape index (κ1) is 22.1. The highest BCUT2D eigenvalue weighted by Gasteiger charge is 2.37. The lowest BCUT2D eigenvalue weighted by atomic mass is 9.72. The van der Waals surface area contributed by atoms with Crippen molar-refractivity contribution < 1.29 is 4.21 Å². The standard InChI is InChI=1S/C22H37NOS/c1-7-10-11-15-18-22(8-2,9-3)20(19-16-13-12-14-17-19)23-25(24)21(4,5)6/h8,12-14,16-17,20,23H,2,7,9-11,15,18H2,1,3-6H3/t20-,22-,25+/m0/s1. The molecule has 0 bridgehead atoms. The summed E-state index contributed by atoms with van der Waals surface area (Å²) in [5.41, 5.74) is 1.10. The van der Waals surface area contributed by atoms with Crippen molar-refractivity contribution in [1.29, 1.82) is 0 Å².